The van der Waals surface area contributed by atoms with Crippen LogP contribution in [0, 0.1) is 33.1 Å². The molecule has 2 aromatic carbocycles. The molecule has 0 saturated carbocycles. The van der Waals surface area contributed by atoms with Crippen LogP contribution in [-0.2, 0) is 10.0 Å². The van der Waals surface area contributed by atoms with E-state index in [1.807, 2.05) is 0 Å². The van der Waals surface area contributed by atoms with E-state index in [0.29, 0.717) is 0 Å². The summed E-state index contributed by atoms with van der Waals surface area (Å²) < 4.78 is 55.0. The Morgan fingerprint density at radius 2 is 1.64 bits per heavy atom. The van der Waals surface area contributed by atoms with Crippen LogP contribution in [0.3, 0.4) is 0 Å². The maximum atomic E-state index is 14.2. The molecule has 0 radical (unpaired) electrons. The molecule has 0 amide bonds. The third-order valence-corrected chi connectivity index (χ3v) is 6.33. The van der Waals surface area contributed by atoms with Gasteiger partial charge in [0.05, 0.1) is 16.6 Å². The molecule has 146 valence electrons. The van der Waals surface area contributed by atoms with E-state index in [1.54, 1.807) is 6.07 Å². The van der Waals surface area contributed by atoms with Crippen LogP contribution in [0.15, 0.2) is 41.3 Å². The third kappa shape index (κ3) is 3.51. The Labute approximate surface area is 159 Å². The van der Waals surface area contributed by atoms with Gasteiger partial charge in [0.25, 0.3) is 5.69 Å². The minimum atomic E-state index is -4.14. The summed E-state index contributed by atoms with van der Waals surface area (Å²) in [7, 11) is -4.14. The smallest absolute Gasteiger partial charge is 0.289 e. The summed E-state index contributed by atoms with van der Waals surface area (Å²) in [6.07, 6.45) is 0. The van der Waals surface area contributed by atoms with E-state index in [0.717, 1.165) is 28.6 Å². The highest BCUT2D eigenvalue weighted by Gasteiger charge is 2.34. The molecule has 8 nitrogen and oxygen atoms in total. The summed E-state index contributed by atoms with van der Waals surface area (Å²) in [5, 5.41) is 19.9. The molecular formula is C17H14F2N4O4S. The third-order valence-electron chi connectivity index (χ3n) is 4.38. The zero-order valence-corrected chi connectivity index (χ0v) is 15.2. The van der Waals surface area contributed by atoms with E-state index in [2.05, 4.69) is 0 Å². The maximum Gasteiger partial charge on any atom is 0.289 e. The lowest BCUT2D eigenvalue weighted by molar-refractivity contribution is -0.387. The molecule has 0 N–H and O–H groups in total. The zero-order valence-electron chi connectivity index (χ0n) is 14.4. The van der Waals surface area contributed by atoms with Gasteiger partial charge in [-0.1, -0.05) is 12.1 Å². The monoisotopic (exact) mass is 408 g/mol. The Morgan fingerprint density at radius 1 is 1.07 bits per heavy atom. The van der Waals surface area contributed by atoms with Gasteiger partial charge in [-0.15, -0.1) is 0 Å². The van der Waals surface area contributed by atoms with E-state index in [9.17, 15) is 27.3 Å². The molecule has 1 aliphatic rings. The number of nitro benzene ring substituents is 1. The average molecular weight is 408 g/mol. The molecule has 0 bridgehead atoms. The standard InChI is InChI=1S/C17H14F2N4O4S/c18-13-9-12(11-20)10-14(19)17(13)21-5-7-22(8-6-21)28(26,27)16-4-2-1-3-15(16)23(24)25/h1-4,9-10H,5-8H2. The van der Waals surface area contributed by atoms with Gasteiger partial charge in [-0.25, -0.2) is 17.2 Å². The average Bonchev–Trinajstić information content (AvgIpc) is 2.67. The number of nitrogens with zero attached hydrogens (tertiary/aromatic N) is 4. The van der Waals surface area contributed by atoms with Crippen molar-refractivity contribution in [2.45, 2.75) is 4.90 Å². The summed E-state index contributed by atoms with van der Waals surface area (Å²) >= 11 is 0. The van der Waals surface area contributed by atoms with Crippen LogP contribution in [0.25, 0.3) is 0 Å². The largest absolute Gasteiger partial charge is 0.364 e. The van der Waals surface area contributed by atoms with Crippen molar-refractivity contribution >= 4 is 21.4 Å². The first-order valence-corrected chi connectivity index (χ1v) is 9.57. The van der Waals surface area contributed by atoms with Crippen LogP contribution < -0.4 is 4.90 Å². The van der Waals surface area contributed by atoms with Crippen LogP contribution in [0.2, 0.25) is 0 Å². The van der Waals surface area contributed by atoms with Gasteiger partial charge in [0.15, 0.2) is 16.5 Å². The van der Waals surface area contributed by atoms with Crippen LogP contribution in [0.1, 0.15) is 5.56 Å². The van der Waals surface area contributed by atoms with Crippen LogP contribution in [0.4, 0.5) is 20.2 Å². The highest BCUT2D eigenvalue weighted by molar-refractivity contribution is 7.89. The van der Waals surface area contributed by atoms with Crippen molar-refractivity contribution in [3.63, 3.8) is 0 Å². The summed E-state index contributed by atoms with van der Waals surface area (Å²) in [4.78, 5) is 11.3. The lowest BCUT2D eigenvalue weighted by Gasteiger charge is -2.35. The quantitative estimate of drug-likeness (QED) is 0.567. The van der Waals surface area contributed by atoms with Crippen LogP contribution in [0.5, 0.6) is 0 Å². The number of halogens is 2. The molecule has 1 heterocycles. The number of anilines is 1. The molecular weight excluding hydrogens is 394 g/mol. The fourth-order valence-electron chi connectivity index (χ4n) is 3.05. The number of nitriles is 1. The van der Waals surface area contributed by atoms with Gasteiger partial charge in [-0.3, -0.25) is 10.1 Å². The number of piperazine rings is 1. The van der Waals surface area contributed by atoms with Gasteiger partial charge in [0.1, 0.15) is 5.69 Å². The van der Waals surface area contributed by atoms with Gasteiger partial charge in [-0.2, -0.15) is 9.57 Å². The fraction of sp³-hybridized carbons (Fsp3) is 0.235. The Morgan fingerprint density at radius 3 is 2.18 bits per heavy atom. The number of rotatable bonds is 4. The second-order valence-electron chi connectivity index (χ2n) is 6.02. The van der Waals surface area contributed by atoms with E-state index < -0.39 is 37.2 Å². The van der Waals surface area contributed by atoms with Crippen LogP contribution in [-0.4, -0.2) is 43.8 Å². The lowest BCUT2D eigenvalue weighted by Crippen LogP contribution is -2.49. The predicted molar refractivity (Wildman–Crippen MR) is 95.1 cm³/mol. The summed E-state index contributed by atoms with van der Waals surface area (Å²) in [6.45, 7) is -0.236. The molecule has 0 aliphatic carbocycles. The molecule has 0 unspecified atom stereocenters. The van der Waals surface area contributed by atoms with Crippen molar-refractivity contribution in [1.82, 2.24) is 4.31 Å². The van der Waals surface area contributed by atoms with E-state index >= 15 is 0 Å². The molecule has 1 aliphatic heterocycles. The zero-order chi connectivity index (χ0) is 20.5. The summed E-state index contributed by atoms with van der Waals surface area (Å²) in [5.41, 5.74) is -1.02. The van der Waals surface area contributed by atoms with E-state index in [1.165, 1.54) is 17.0 Å². The second-order valence-corrected chi connectivity index (χ2v) is 7.92. The van der Waals surface area contributed by atoms with Crippen LogP contribution >= 0.6 is 0 Å². The van der Waals surface area contributed by atoms with Gasteiger partial charge >= 0.3 is 0 Å². The van der Waals surface area contributed by atoms with Gasteiger partial charge < -0.3 is 4.90 Å². The normalized spacial score (nSPS) is 15.2. The first-order valence-electron chi connectivity index (χ1n) is 8.13. The van der Waals surface area contributed by atoms with Crippen molar-refractivity contribution in [3.05, 3.63) is 63.7 Å². The lowest BCUT2D eigenvalue weighted by atomic mass is 10.1. The van der Waals surface area contributed by atoms with Crippen molar-refractivity contribution < 1.29 is 22.1 Å². The molecule has 11 heteroatoms. The first-order chi connectivity index (χ1) is 13.3. The van der Waals surface area contributed by atoms with Gasteiger partial charge in [0, 0.05) is 32.2 Å². The van der Waals surface area contributed by atoms with Gasteiger partial charge in [0.2, 0.25) is 10.0 Å². The number of nitro groups is 1. The molecule has 0 aromatic heterocycles. The summed E-state index contributed by atoms with van der Waals surface area (Å²) in [6, 6.07) is 8.49. The molecule has 2 aromatic rings. The van der Waals surface area contributed by atoms with Crippen molar-refractivity contribution in [1.29, 1.82) is 5.26 Å². The Balaban J connectivity index is 1.83. The second kappa shape index (κ2) is 7.49. The van der Waals surface area contributed by atoms with Crippen molar-refractivity contribution in [2.75, 3.05) is 31.1 Å². The molecule has 0 atom stereocenters. The SMILES string of the molecule is N#Cc1cc(F)c(N2CCN(S(=O)(=O)c3ccccc3[N+](=O)[O-])CC2)c(F)c1. The molecule has 3 rings (SSSR count). The number of para-hydroxylation sites is 1. The number of hydrogen-bond acceptors (Lipinski definition) is 6. The molecule has 0 spiro atoms. The predicted octanol–water partition coefficient (Wildman–Crippen LogP) is 2.26. The Bertz CT molecular complexity index is 1050. The maximum absolute atomic E-state index is 14.2. The molecule has 1 fully saturated rings. The van der Waals surface area contributed by atoms with Crippen molar-refractivity contribution in [2.24, 2.45) is 0 Å². The number of hydrogen-bond donors (Lipinski definition) is 0. The highest BCUT2D eigenvalue weighted by atomic mass is 32.2. The highest BCUT2D eigenvalue weighted by Crippen LogP contribution is 2.29. The molecule has 28 heavy (non-hydrogen) atoms. The minimum absolute atomic E-state index is 0.0143. The fourth-order valence-corrected chi connectivity index (χ4v) is 4.63. The topological polar surface area (TPSA) is 108 Å². The minimum Gasteiger partial charge on any atom is -0.364 e. The van der Waals surface area contributed by atoms with E-state index in [-0.39, 0.29) is 37.4 Å². The first kappa shape index (κ1) is 19.7. The molecule has 1 saturated heterocycles. The van der Waals surface area contributed by atoms with Crippen molar-refractivity contribution in [3.8, 4) is 6.07 Å². The number of benzene rings is 2. The van der Waals surface area contributed by atoms with E-state index in [4.69, 9.17) is 5.26 Å². The Hall–Kier alpha value is -3.10. The Kier molecular flexibility index (Phi) is 5.26. The summed E-state index contributed by atoms with van der Waals surface area (Å²) in [5.74, 6) is -1.82. The van der Waals surface area contributed by atoms with Gasteiger partial charge in [-0.05, 0) is 18.2 Å². The number of sulfonamides is 1.